The third-order valence-electron chi connectivity index (χ3n) is 6.72. The highest BCUT2D eigenvalue weighted by Gasteiger charge is 2.53. The van der Waals surface area contributed by atoms with Gasteiger partial charge in [0.25, 0.3) is 11.9 Å². The summed E-state index contributed by atoms with van der Waals surface area (Å²) >= 11 is 6.07. The van der Waals surface area contributed by atoms with Gasteiger partial charge in [0.15, 0.2) is 11.4 Å². The van der Waals surface area contributed by atoms with Crippen molar-refractivity contribution in [3.63, 3.8) is 0 Å². The van der Waals surface area contributed by atoms with Crippen molar-refractivity contribution < 1.29 is 9.21 Å². The van der Waals surface area contributed by atoms with Gasteiger partial charge in [0.05, 0.1) is 11.6 Å². The maximum absolute atomic E-state index is 13.8. The van der Waals surface area contributed by atoms with E-state index in [4.69, 9.17) is 16.0 Å². The summed E-state index contributed by atoms with van der Waals surface area (Å²) in [6.45, 7) is 3.15. The number of hydrogen-bond donors (Lipinski definition) is 1. The van der Waals surface area contributed by atoms with Crippen LogP contribution < -0.4 is 5.32 Å². The summed E-state index contributed by atoms with van der Waals surface area (Å²) in [7, 11) is 0. The number of fused-ring (bicyclic) bond motifs is 1. The van der Waals surface area contributed by atoms with E-state index in [9.17, 15) is 4.79 Å². The number of carbonyl (C=O) groups excluding carboxylic acids is 1. The number of likely N-dealkylation sites (tertiary alicyclic amines) is 1. The molecule has 4 heterocycles. The van der Waals surface area contributed by atoms with Crippen LogP contribution in [0.2, 0.25) is 5.02 Å². The molecule has 1 aromatic carbocycles. The Hall–Kier alpha value is -3.52. The van der Waals surface area contributed by atoms with Crippen molar-refractivity contribution in [2.24, 2.45) is 5.41 Å². The SMILES string of the molecule is Cc1ccc(-c2ncccn2)c(C(=O)N2CC3(CC3)C[C@H]2CNc2nc3cc(Cl)ccc3o2)n1. The van der Waals surface area contributed by atoms with Gasteiger partial charge in [-0.05, 0) is 68.0 Å². The molecule has 2 aliphatic rings. The molecule has 2 fully saturated rings. The molecule has 3 aromatic heterocycles. The Morgan fingerprint density at radius 2 is 2.03 bits per heavy atom. The molecule has 8 nitrogen and oxygen atoms in total. The fourth-order valence-corrected chi connectivity index (χ4v) is 4.95. The fourth-order valence-electron chi connectivity index (χ4n) is 4.78. The van der Waals surface area contributed by atoms with Crippen molar-refractivity contribution in [3.05, 3.63) is 65.2 Å². The molecule has 1 N–H and O–H groups in total. The van der Waals surface area contributed by atoms with Crippen LogP contribution >= 0.6 is 11.6 Å². The number of benzene rings is 1. The van der Waals surface area contributed by atoms with Gasteiger partial charge >= 0.3 is 0 Å². The monoisotopic (exact) mass is 474 g/mol. The lowest BCUT2D eigenvalue weighted by Gasteiger charge is -2.25. The van der Waals surface area contributed by atoms with Crippen LogP contribution in [0.4, 0.5) is 6.01 Å². The Bertz CT molecular complexity index is 1380. The zero-order valence-corrected chi connectivity index (χ0v) is 19.4. The zero-order valence-electron chi connectivity index (χ0n) is 18.7. The van der Waals surface area contributed by atoms with Crippen LogP contribution in [-0.4, -0.2) is 49.9 Å². The second-order valence-electron chi connectivity index (χ2n) is 9.22. The Kier molecular flexibility index (Phi) is 4.99. The van der Waals surface area contributed by atoms with E-state index in [1.807, 2.05) is 24.0 Å². The van der Waals surface area contributed by atoms with Crippen LogP contribution in [0, 0.1) is 12.3 Å². The van der Waals surface area contributed by atoms with E-state index in [0.29, 0.717) is 45.8 Å². The molecule has 1 atom stereocenters. The van der Waals surface area contributed by atoms with Gasteiger partial charge in [-0.15, -0.1) is 0 Å². The number of carbonyl (C=O) groups is 1. The predicted octanol–water partition coefficient (Wildman–Crippen LogP) is 4.75. The molecular formula is C25H23ClN6O2. The van der Waals surface area contributed by atoms with E-state index in [1.54, 1.807) is 36.7 Å². The molecule has 6 rings (SSSR count). The van der Waals surface area contributed by atoms with Gasteiger partial charge in [-0.3, -0.25) is 4.79 Å². The van der Waals surface area contributed by atoms with Crippen LogP contribution in [0.5, 0.6) is 0 Å². The first kappa shape index (κ1) is 21.0. The number of hydrogen-bond acceptors (Lipinski definition) is 7. The van der Waals surface area contributed by atoms with E-state index >= 15 is 0 Å². The van der Waals surface area contributed by atoms with Crippen LogP contribution in [0.3, 0.4) is 0 Å². The number of nitrogens with zero attached hydrogens (tertiary/aromatic N) is 5. The highest BCUT2D eigenvalue weighted by Crippen LogP contribution is 2.55. The third kappa shape index (κ3) is 3.88. The first-order valence-electron chi connectivity index (χ1n) is 11.4. The molecule has 172 valence electrons. The van der Waals surface area contributed by atoms with Crippen LogP contribution in [0.1, 0.15) is 35.4 Å². The maximum Gasteiger partial charge on any atom is 0.295 e. The van der Waals surface area contributed by atoms with Gasteiger partial charge in [0.1, 0.15) is 11.2 Å². The smallest absolute Gasteiger partial charge is 0.295 e. The van der Waals surface area contributed by atoms with Crippen molar-refractivity contribution in [1.29, 1.82) is 0 Å². The van der Waals surface area contributed by atoms with E-state index < -0.39 is 0 Å². The van der Waals surface area contributed by atoms with Crippen molar-refractivity contribution in [1.82, 2.24) is 24.8 Å². The lowest BCUT2D eigenvalue weighted by Crippen LogP contribution is -2.40. The molecule has 1 saturated heterocycles. The summed E-state index contributed by atoms with van der Waals surface area (Å²) in [5.74, 6) is 0.407. The number of nitrogens with one attached hydrogen (secondary N) is 1. The molecule has 9 heteroatoms. The zero-order chi connectivity index (χ0) is 23.3. The normalized spacial score (nSPS) is 18.5. The predicted molar refractivity (Wildman–Crippen MR) is 129 cm³/mol. The summed E-state index contributed by atoms with van der Waals surface area (Å²) in [4.78, 5) is 33.6. The number of aryl methyl sites for hydroxylation is 1. The van der Waals surface area contributed by atoms with E-state index in [2.05, 4.69) is 25.3 Å². The number of anilines is 1. The van der Waals surface area contributed by atoms with E-state index in [0.717, 1.165) is 31.5 Å². The number of pyridine rings is 1. The molecule has 0 radical (unpaired) electrons. The van der Waals surface area contributed by atoms with Crippen molar-refractivity contribution in [2.45, 2.75) is 32.2 Å². The topological polar surface area (TPSA) is 97.0 Å². The molecule has 34 heavy (non-hydrogen) atoms. The number of rotatable bonds is 5. The second kappa shape index (κ2) is 8.06. The molecule has 1 saturated carbocycles. The maximum atomic E-state index is 13.8. The first-order chi connectivity index (χ1) is 16.5. The summed E-state index contributed by atoms with van der Waals surface area (Å²) in [5.41, 5.74) is 3.40. The first-order valence-corrected chi connectivity index (χ1v) is 11.7. The Morgan fingerprint density at radius 3 is 2.82 bits per heavy atom. The highest BCUT2D eigenvalue weighted by molar-refractivity contribution is 6.31. The van der Waals surface area contributed by atoms with Gasteiger partial charge in [0, 0.05) is 36.2 Å². The van der Waals surface area contributed by atoms with Crippen LogP contribution in [0.25, 0.3) is 22.5 Å². The Morgan fingerprint density at radius 1 is 1.21 bits per heavy atom. The minimum Gasteiger partial charge on any atom is -0.424 e. The second-order valence-corrected chi connectivity index (χ2v) is 9.66. The number of amides is 1. The molecule has 4 aromatic rings. The van der Waals surface area contributed by atoms with Gasteiger partial charge in [0.2, 0.25) is 0 Å². The summed E-state index contributed by atoms with van der Waals surface area (Å²) in [6.07, 6.45) is 6.58. The molecule has 1 amide bonds. The third-order valence-corrected chi connectivity index (χ3v) is 6.95. The standard InChI is InChI=1S/C25H23ClN6O2/c1-15-3-5-18(22-27-9-2-10-28-22)21(30-15)23(33)32-14-25(7-8-25)12-17(32)13-29-24-31-19-11-16(26)4-6-20(19)34-24/h2-6,9-11,17H,7-8,12-14H2,1H3,(H,29,31)/t17-/m0/s1. The van der Waals surface area contributed by atoms with E-state index in [-0.39, 0.29) is 17.4 Å². The minimum absolute atomic E-state index is 0.000421. The fraction of sp³-hybridized carbons (Fsp3) is 0.320. The van der Waals surface area contributed by atoms with Crippen LogP contribution in [-0.2, 0) is 0 Å². The molecule has 1 spiro atoms. The highest BCUT2D eigenvalue weighted by atomic mass is 35.5. The number of aromatic nitrogens is 4. The number of halogens is 1. The minimum atomic E-state index is -0.0916. The quantitative estimate of drug-likeness (QED) is 0.445. The lowest BCUT2D eigenvalue weighted by molar-refractivity contribution is 0.0732. The van der Waals surface area contributed by atoms with Gasteiger partial charge in [-0.1, -0.05) is 11.6 Å². The summed E-state index contributed by atoms with van der Waals surface area (Å²) in [5, 5.41) is 3.91. The number of oxazole rings is 1. The molecular weight excluding hydrogens is 452 g/mol. The van der Waals surface area contributed by atoms with E-state index in [1.165, 1.54) is 0 Å². The van der Waals surface area contributed by atoms with Crippen molar-refractivity contribution >= 4 is 34.6 Å². The van der Waals surface area contributed by atoms with Gasteiger partial charge < -0.3 is 14.6 Å². The molecule has 1 aliphatic carbocycles. The average molecular weight is 475 g/mol. The summed E-state index contributed by atoms with van der Waals surface area (Å²) < 4.78 is 5.81. The van der Waals surface area contributed by atoms with Gasteiger partial charge in [-0.2, -0.15) is 4.98 Å². The Balaban J connectivity index is 1.27. The average Bonchev–Trinajstić information content (AvgIpc) is 3.31. The van der Waals surface area contributed by atoms with Crippen molar-refractivity contribution in [3.8, 4) is 11.4 Å². The molecule has 1 aliphatic heterocycles. The van der Waals surface area contributed by atoms with Crippen molar-refractivity contribution in [2.75, 3.05) is 18.4 Å². The molecule has 0 bridgehead atoms. The molecule has 0 unspecified atom stereocenters. The summed E-state index contributed by atoms with van der Waals surface area (Å²) in [6, 6.07) is 11.3. The largest absolute Gasteiger partial charge is 0.424 e. The lowest BCUT2D eigenvalue weighted by atomic mass is 10.0. The van der Waals surface area contributed by atoms with Crippen LogP contribution in [0.15, 0.2) is 53.2 Å². The van der Waals surface area contributed by atoms with Gasteiger partial charge in [-0.25, -0.2) is 15.0 Å². The Labute approximate surface area is 201 Å².